The van der Waals surface area contributed by atoms with Crippen LogP contribution >= 0.6 is 11.3 Å². The van der Waals surface area contributed by atoms with Crippen LogP contribution in [0.15, 0.2) is 23.8 Å². The minimum atomic E-state index is 0.110. The van der Waals surface area contributed by atoms with Crippen molar-refractivity contribution in [2.45, 2.75) is 39.3 Å². The Kier molecular flexibility index (Phi) is 4.49. The van der Waals surface area contributed by atoms with Gasteiger partial charge in [-0.15, -0.1) is 11.3 Å². The molecule has 0 saturated heterocycles. The van der Waals surface area contributed by atoms with Crippen molar-refractivity contribution in [3.05, 3.63) is 34.5 Å². The number of hydrogen-bond acceptors (Lipinski definition) is 4. The molecule has 0 fully saturated rings. The van der Waals surface area contributed by atoms with Crippen molar-refractivity contribution in [3.8, 4) is 0 Å². The van der Waals surface area contributed by atoms with Crippen LogP contribution in [0.3, 0.4) is 0 Å². The maximum atomic E-state index is 6.18. The Morgan fingerprint density at radius 1 is 1.39 bits per heavy atom. The molecule has 98 valence electrons. The van der Waals surface area contributed by atoms with Gasteiger partial charge in [-0.2, -0.15) is 5.10 Å². The van der Waals surface area contributed by atoms with E-state index >= 15 is 0 Å². The van der Waals surface area contributed by atoms with E-state index < -0.39 is 0 Å². The monoisotopic (exact) mass is 264 g/mol. The van der Waals surface area contributed by atoms with Crippen molar-refractivity contribution in [1.29, 1.82) is 0 Å². The standard InChI is InChI=1S/C13H20N4S/c1-10(2)8-17-13(15-9-16-17)7-11(14)6-12-4-3-5-18-12/h3-5,9-11H,6-8,14H2,1-2H3. The van der Waals surface area contributed by atoms with E-state index in [1.165, 1.54) is 4.88 Å². The molecule has 0 aliphatic heterocycles. The predicted molar refractivity (Wildman–Crippen MR) is 74.6 cm³/mol. The molecule has 0 aromatic carbocycles. The van der Waals surface area contributed by atoms with Crippen LogP contribution in [0.2, 0.25) is 0 Å². The second kappa shape index (κ2) is 6.11. The number of nitrogens with zero attached hydrogens (tertiary/aromatic N) is 3. The molecular weight excluding hydrogens is 244 g/mol. The highest BCUT2D eigenvalue weighted by atomic mass is 32.1. The first-order chi connectivity index (χ1) is 8.65. The van der Waals surface area contributed by atoms with Gasteiger partial charge in [0.05, 0.1) is 0 Å². The van der Waals surface area contributed by atoms with E-state index in [9.17, 15) is 0 Å². The van der Waals surface area contributed by atoms with Gasteiger partial charge in [0, 0.05) is 23.9 Å². The van der Waals surface area contributed by atoms with E-state index in [0.717, 1.165) is 25.2 Å². The number of rotatable bonds is 6. The Hall–Kier alpha value is -1.20. The van der Waals surface area contributed by atoms with Crippen LogP contribution in [0.25, 0.3) is 0 Å². The summed E-state index contributed by atoms with van der Waals surface area (Å²) >= 11 is 1.76. The SMILES string of the molecule is CC(C)Cn1ncnc1CC(N)Cc1cccs1. The molecule has 0 radical (unpaired) electrons. The molecule has 5 heteroatoms. The van der Waals surface area contributed by atoms with Gasteiger partial charge in [0.1, 0.15) is 12.2 Å². The number of thiophene rings is 1. The number of aromatic nitrogens is 3. The van der Waals surface area contributed by atoms with Crippen molar-refractivity contribution in [2.75, 3.05) is 0 Å². The third kappa shape index (κ3) is 3.65. The molecule has 1 unspecified atom stereocenters. The zero-order chi connectivity index (χ0) is 13.0. The molecule has 0 amide bonds. The summed E-state index contributed by atoms with van der Waals surface area (Å²) in [5.74, 6) is 1.56. The first kappa shape index (κ1) is 13.2. The van der Waals surface area contributed by atoms with Crippen molar-refractivity contribution in [2.24, 2.45) is 11.7 Å². The normalized spacial score (nSPS) is 13.1. The molecule has 18 heavy (non-hydrogen) atoms. The Morgan fingerprint density at radius 3 is 2.89 bits per heavy atom. The highest BCUT2D eigenvalue weighted by molar-refractivity contribution is 7.09. The highest BCUT2D eigenvalue weighted by Gasteiger charge is 2.12. The fourth-order valence-electron chi connectivity index (χ4n) is 1.94. The smallest absolute Gasteiger partial charge is 0.138 e. The summed E-state index contributed by atoms with van der Waals surface area (Å²) in [5, 5.41) is 6.35. The Balaban J connectivity index is 1.94. The lowest BCUT2D eigenvalue weighted by Gasteiger charge is -2.12. The van der Waals surface area contributed by atoms with Gasteiger partial charge in [0.15, 0.2) is 0 Å². The minimum absolute atomic E-state index is 0.110. The molecule has 2 aromatic rings. The maximum absolute atomic E-state index is 6.18. The predicted octanol–water partition coefficient (Wildman–Crippen LogP) is 2.11. The average molecular weight is 264 g/mol. The van der Waals surface area contributed by atoms with Crippen LogP contribution in [0.5, 0.6) is 0 Å². The molecule has 0 saturated carbocycles. The second-order valence-corrected chi connectivity index (χ2v) is 6.03. The highest BCUT2D eigenvalue weighted by Crippen LogP contribution is 2.12. The lowest BCUT2D eigenvalue weighted by molar-refractivity contribution is 0.458. The largest absolute Gasteiger partial charge is 0.327 e. The van der Waals surface area contributed by atoms with Crippen LogP contribution in [0, 0.1) is 5.92 Å². The van der Waals surface area contributed by atoms with E-state index in [-0.39, 0.29) is 6.04 Å². The van der Waals surface area contributed by atoms with Gasteiger partial charge in [-0.05, 0) is 23.8 Å². The molecule has 2 N–H and O–H groups in total. The zero-order valence-corrected chi connectivity index (χ0v) is 11.7. The van der Waals surface area contributed by atoms with Crippen LogP contribution in [-0.4, -0.2) is 20.8 Å². The molecule has 0 spiro atoms. The van der Waals surface area contributed by atoms with Crippen molar-refractivity contribution < 1.29 is 0 Å². The van der Waals surface area contributed by atoms with E-state index in [2.05, 4.69) is 41.4 Å². The van der Waals surface area contributed by atoms with Gasteiger partial charge in [-0.3, -0.25) is 0 Å². The molecular formula is C13H20N4S. The summed E-state index contributed by atoms with van der Waals surface area (Å²) in [6, 6.07) is 4.30. The zero-order valence-electron chi connectivity index (χ0n) is 10.9. The van der Waals surface area contributed by atoms with Crippen molar-refractivity contribution in [1.82, 2.24) is 14.8 Å². The Morgan fingerprint density at radius 2 is 2.22 bits per heavy atom. The number of hydrogen-bond donors (Lipinski definition) is 1. The maximum Gasteiger partial charge on any atom is 0.138 e. The van der Waals surface area contributed by atoms with Gasteiger partial charge in [0.25, 0.3) is 0 Å². The molecule has 2 heterocycles. The van der Waals surface area contributed by atoms with E-state index in [1.54, 1.807) is 17.7 Å². The summed E-state index contributed by atoms with van der Waals surface area (Å²) in [4.78, 5) is 5.64. The van der Waals surface area contributed by atoms with Crippen molar-refractivity contribution >= 4 is 11.3 Å². The molecule has 2 rings (SSSR count). The van der Waals surface area contributed by atoms with Gasteiger partial charge in [-0.25, -0.2) is 9.67 Å². The lowest BCUT2D eigenvalue weighted by atomic mass is 10.1. The second-order valence-electron chi connectivity index (χ2n) is 5.00. The average Bonchev–Trinajstić information content (AvgIpc) is 2.91. The third-order valence-electron chi connectivity index (χ3n) is 2.72. The van der Waals surface area contributed by atoms with Crippen molar-refractivity contribution in [3.63, 3.8) is 0 Å². The van der Waals surface area contributed by atoms with Crippen LogP contribution < -0.4 is 5.73 Å². The van der Waals surface area contributed by atoms with E-state index in [0.29, 0.717) is 5.92 Å². The minimum Gasteiger partial charge on any atom is -0.327 e. The quantitative estimate of drug-likeness (QED) is 0.869. The van der Waals surface area contributed by atoms with E-state index in [1.807, 2.05) is 4.68 Å². The van der Waals surface area contributed by atoms with Gasteiger partial charge in [-0.1, -0.05) is 19.9 Å². The third-order valence-corrected chi connectivity index (χ3v) is 3.62. The van der Waals surface area contributed by atoms with Crippen LogP contribution in [-0.2, 0) is 19.4 Å². The molecule has 0 aliphatic rings. The molecule has 0 aliphatic carbocycles. The molecule has 1 atom stereocenters. The topological polar surface area (TPSA) is 56.7 Å². The van der Waals surface area contributed by atoms with Gasteiger partial charge >= 0.3 is 0 Å². The summed E-state index contributed by atoms with van der Waals surface area (Å²) < 4.78 is 1.97. The molecule has 2 aromatic heterocycles. The summed E-state index contributed by atoms with van der Waals surface area (Å²) in [7, 11) is 0. The Labute approximate surface area is 112 Å². The molecule has 0 bridgehead atoms. The first-order valence-electron chi connectivity index (χ1n) is 6.29. The van der Waals surface area contributed by atoms with E-state index in [4.69, 9.17) is 5.73 Å². The lowest BCUT2D eigenvalue weighted by Crippen LogP contribution is -2.27. The summed E-state index contributed by atoms with van der Waals surface area (Å²) in [6.07, 6.45) is 3.31. The fraction of sp³-hybridized carbons (Fsp3) is 0.538. The summed E-state index contributed by atoms with van der Waals surface area (Å²) in [6.45, 7) is 5.26. The van der Waals surface area contributed by atoms with Gasteiger partial charge < -0.3 is 5.73 Å². The Bertz CT molecular complexity index is 461. The first-order valence-corrected chi connectivity index (χ1v) is 7.17. The van der Waals surface area contributed by atoms with Crippen LogP contribution in [0.1, 0.15) is 24.5 Å². The van der Waals surface area contributed by atoms with Crippen LogP contribution in [0.4, 0.5) is 0 Å². The van der Waals surface area contributed by atoms with Gasteiger partial charge in [0.2, 0.25) is 0 Å². The summed E-state index contributed by atoms with van der Waals surface area (Å²) in [5.41, 5.74) is 6.18. The number of nitrogens with two attached hydrogens (primary N) is 1. The fourth-order valence-corrected chi connectivity index (χ4v) is 2.74. The molecule has 4 nitrogen and oxygen atoms in total.